The van der Waals surface area contributed by atoms with E-state index in [2.05, 4.69) is 0 Å². The molecule has 0 aliphatic heterocycles. The van der Waals surface area contributed by atoms with Gasteiger partial charge in [0, 0.05) is 5.56 Å². The smallest absolute Gasteiger partial charge is 0.423 e. The van der Waals surface area contributed by atoms with Gasteiger partial charge in [-0.2, -0.15) is 0 Å². The minimum atomic E-state index is -4.35. The van der Waals surface area contributed by atoms with Gasteiger partial charge in [-0.05, 0) is 5.46 Å². The summed E-state index contributed by atoms with van der Waals surface area (Å²) in [6.45, 7) is 0. The van der Waals surface area contributed by atoms with Gasteiger partial charge in [-0.1, -0.05) is 24.2 Å². The zero-order chi connectivity index (χ0) is 13.5. The van der Waals surface area contributed by atoms with Crippen LogP contribution in [0.3, 0.4) is 0 Å². The molecule has 0 unspecified atom stereocenters. The van der Waals surface area contributed by atoms with Crippen LogP contribution in [0.5, 0.6) is 0 Å². The molecule has 2 nitrogen and oxygen atoms in total. The van der Waals surface area contributed by atoms with Crippen molar-refractivity contribution in [2.24, 2.45) is 0 Å². The van der Waals surface area contributed by atoms with Crippen molar-refractivity contribution in [3.05, 3.63) is 29.7 Å². The fourth-order valence-electron chi connectivity index (χ4n) is 0.665. The first-order chi connectivity index (χ1) is 7.59. The third-order valence-corrected chi connectivity index (χ3v) is 1.16. The van der Waals surface area contributed by atoms with Gasteiger partial charge in [0.1, 0.15) is 1.37 Å². The molecule has 12 heavy (non-hydrogen) atoms. The fourth-order valence-corrected chi connectivity index (χ4v) is 0.665. The van der Waals surface area contributed by atoms with E-state index in [4.69, 9.17) is 16.9 Å². The molecule has 0 aliphatic carbocycles. The molecule has 0 fully saturated rings. The van der Waals surface area contributed by atoms with Crippen molar-refractivity contribution in [1.82, 2.24) is 0 Å². The molecule has 0 bridgehead atoms. The van der Waals surface area contributed by atoms with Crippen molar-refractivity contribution in [1.29, 1.82) is 0 Å². The van der Waals surface area contributed by atoms with Crippen molar-refractivity contribution < 1.29 is 25.7 Å². The Kier molecular flexibility index (Phi) is 1.32. The highest BCUT2D eigenvalue weighted by Gasteiger charge is 2.20. The Labute approximate surface area is 75.6 Å². The SMILES string of the molecule is [2H]c1c([2H])c([2H])c(C([2H])(F)F)c(B(O)O)c1[2H]. The molecule has 0 saturated carbocycles. The van der Waals surface area contributed by atoms with Crippen molar-refractivity contribution in [2.45, 2.75) is 6.40 Å². The zero-order valence-corrected chi connectivity index (χ0v) is 5.73. The van der Waals surface area contributed by atoms with Crippen molar-refractivity contribution in [2.75, 3.05) is 0 Å². The second-order valence-corrected chi connectivity index (χ2v) is 1.92. The molecule has 0 radical (unpaired) electrons. The highest BCUT2D eigenvalue weighted by molar-refractivity contribution is 6.59. The van der Waals surface area contributed by atoms with Crippen LogP contribution >= 0.6 is 0 Å². The second-order valence-electron chi connectivity index (χ2n) is 1.92. The summed E-state index contributed by atoms with van der Waals surface area (Å²) >= 11 is 0. The number of halogens is 2. The van der Waals surface area contributed by atoms with E-state index in [0.717, 1.165) is 0 Å². The number of benzene rings is 1. The zero-order valence-electron chi connectivity index (χ0n) is 10.7. The first-order valence-electron chi connectivity index (χ1n) is 5.43. The summed E-state index contributed by atoms with van der Waals surface area (Å²) in [6.07, 6.45) is -4.35. The van der Waals surface area contributed by atoms with Crippen LogP contribution in [0.4, 0.5) is 8.78 Å². The lowest BCUT2D eigenvalue weighted by Crippen LogP contribution is -2.33. The predicted octanol–water partition coefficient (Wildman–Crippen LogP) is 0.304. The molecule has 0 saturated heterocycles. The van der Waals surface area contributed by atoms with Crippen LogP contribution in [0.2, 0.25) is 0 Å². The van der Waals surface area contributed by atoms with Crippen LogP contribution in [-0.4, -0.2) is 17.2 Å². The van der Waals surface area contributed by atoms with Gasteiger partial charge in [0.2, 0.25) is 0 Å². The Bertz CT molecular complexity index is 463. The van der Waals surface area contributed by atoms with Crippen LogP contribution in [0.1, 0.15) is 18.8 Å². The Balaban J connectivity index is 3.79. The Morgan fingerprint density at radius 3 is 2.50 bits per heavy atom. The minimum absolute atomic E-state index is 0.869. The lowest BCUT2D eigenvalue weighted by molar-refractivity contribution is 0.152. The molecule has 0 heterocycles. The topological polar surface area (TPSA) is 40.5 Å². The Morgan fingerprint density at radius 2 is 2.00 bits per heavy atom. The molecule has 64 valence electrons. The molecular weight excluding hydrogens is 165 g/mol. The monoisotopic (exact) mass is 177 g/mol. The van der Waals surface area contributed by atoms with Gasteiger partial charge < -0.3 is 10.0 Å². The van der Waals surface area contributed by atoms with Crippen molar-refractivity contribution in [3.63, 3.8) is 0 Å². The third kappa shape index (κ3) is 1.81. The fraction of sp³-hybridized carbons (Fsp3) is 0.143. The normalized spacial score (nSPS) is 17.2. The lowest BCUT2D eigenvalue weighted by atomic mass is 9.77. The maximum Gasteiger partial charge on any atom is 0.488 e. The molecule has 1 aromatic carbocycles. The first kappa shape index (κ1) is 4.34. The molecule has 1 aromatic rings. The van der Waals surface area contributed by atoms with Gasteiger partial charge in [0.25, 0.3) is 6.40 Å². The van der Waals surface area contributed by atoms with Gasteiger partial charge in [0.15, 0.2) is 0 Å². The highest BCUT2D eigenvalue weighted by Crippen LogP contribution is 2.15. The van der Waals surface area contributed by atoms with Crippen LogP contribution < -0.4 is 5.46 Å². The summed E-state index contributed by atoms with van der Waals surface area (Å²) in [7, 11) is -2.51. The van der Waals surface area contributed by atoms with Crippen LogP contribution in [-0.2, 0) is 0 Å². The van der Waals surface area contributed by atoms with E-state index in [1.807, 2.05) is 0 Å². The largest absolute Gasteiger partial charge is 0.488 e. The standard InChI is InChI=1S/C7H7BF2O2/c9-7(10)5-3-1-2-4-6(5)8(11)12/h1-4,7,11-12H/i1D,2D,3D,4D,7D. The van der Waals surface area contributed by atoms with E-state index in [1.165, 1.54) is 0 Å². The van der Waals surface area contributed by atoms with E-state index < -0.39 is 48.7 Å². The van der Waals surface area contributed by atoms with Gasteiger partial charge in [-0.15, -0.1) is 0 Å². The molecule has 1 rings (SSSR count). The van der Waals surface area contributed by atoms with E-state index in [0.29, 0.717) is 0 Å². The molecule has 0 amide bonds. The predicted molar refractivity (Wildman–Crippen MR) is 41.2 cm³/mol. The molecule has 0 atom stereocenters. The minimum Gasteiger partial charge on any atom is -0.423 e. The van der Waals surface area contributed by atoms with Crippen LogP contribution in [0.15, 0.2) is 24.2 Å². The molecule has 0 aromatic heterocycles. The van der Waals surface area contributed by atoms with Gasteiger partial charge in [-0.25, -0.2) is 8.78 Å². The number of rotatable bonds is 2. The third-order valence-electron chi connectivity index (χ3n) is 1.16. The number of hydrogen-bond acceptors (Lipinski definition) is 2. The average molecular weight is 177 g/mol. The maximum atomic E-state index is 12.9. The van der Waals surface area contributed by atoms with E-state index in [9.17, 15) is 8.78 Å². The van der Waals surface area contributed by atoms with E-state index in [1.54, 1.807) is 0 Å². The summed E-state index contributed by atoms with van der Waals surface area (Å²) in [6, 6.07) is -3.98. The molecular formula is C7H7BF2O2. The second kappa shape index (κ2) is 3.64. The van der Waals surface area contributed by atoms with Crippen LogP contribution in [0.25, 0.3) is 0 Å². The summed E-state index contributed by atoms with van der Waals surface area (Å²) in [5.41, 5.74) is -2.52. The number of hydrogen-bond donors (Lipinski definition) is 2. The summed E-state index contributed by atoms with van der Waals surface area (Å²) in [4.78, 5) is 0. The summed E-state index contributed by atoms with van der Waals surface area (Å²) < 4.78 is 61.2. The van der Waals surface area contributed by atoms with Gasteiger partial charge in [0.05, 0.1) is 5.48 Å². The van der Waals surface area contributed by atoms with Crippen molar-refractivity contribution >= 4 is 12.6 Å². The van der Waals surface area contributed by atoms with Gasteiger partial charge >= 0.3 is 7.12 Å². The Hall–Kier alpha value is -0.935. The molecule has 0 aliphatic rings. The van der Waals surface area contributed by atoms with E-state index >= 15 is 0 Å². The van der Waals surface area contributed by atoms with E-state index in [-0.39, 0.29) is 0 Å². The molecule has 2 N–H and O–H groups in total. The maximum absolute atomic E-state index is 12.9. The highest BCUT2D eigenvalue weighted by atomic mass is 19.3. The summed E-state index contributed by atoms with van der Waals surface area (Å²) in [5, 5.41) is 17.8. The van der Waals surface area contributed by atoms with Crippen molar-refractivity contribution in [3.8, 4) is 0 Å². The first-order valence-corrected chi connectivity index (χ1v) is 2.93. The average Bonchev–Trinajstić information content (AvgIpc) is 2.17. The Morgan fingerprint density at radius 1 is 1.42 bits per heavy atom. The number of alkyl halides is 2. The van der Waals surface area contributed by atoms with Gasteiger partial charge in [-0.3, -0.25) is 0 Å². The molecule has 0 spiro atoms. The molecule has 5 heteroatoms. The van der Waals surface area contributed by atoms with Crippen LogP contribution in [0, 0.1) is 0 Å². The summed E-state index contributed by atoms with van der Waals surface area (Å²) in [5.74, 6) is 0. The lowest BCUT2D eigenvalue weighted by Gasteiger charge is -2.06. The quantitative estimate of drug-likeness (QED) is 0.638.